The predicted molar refractivity (Wildman–Crippen MR) is 83.7 cm³/mol. The van der Waals surface area contributed by atoms with Gasteiger partial charge >= 0.3 is 5.97 Å². The van der Waals surface area contributed by atoms with Crippen LogP contribution >= 0.6 is 0 Å². The maximum absolute atomic E-state index is 11.9. The number of benzene rings is 1. The highest BCUT2D eigenvalue weighted by molar-refractivity contribution is 5.98. The van der Waals surface area contributed by atoms with E-state index in [0.29, 0.717) is 12.0 Å². The molecule has 118 valence electrons. The molecule has 0 aliphatic heterocycles. The smallest absolute Gasteiger partial charge is 0.326 e. The zero-order valence-corrected chi connectivity index (χ0v) is 12.7. The van der Waals surface area contributed by atoms with Crippen LogP contribution in [0.5, 0.6) is 0 Å². The molecule has 1 aromatic carbocycles. The molecule has 0 aromatic heterocycles. The Morgan fingerprint density at radius 3 is 2.41 bits per heavy atom. The lowest BCUT2D eigenvalue weighted by Crippen LogP contribution is -2.40. The van der Waals surface area contributed by atoms with Gasteiger partial charge in [0, 0.05) is 18.4 Å². The fourth-order valence-electron chi connectivity index (χ4n) is 1.92. The first-order valence-corrected chi connectivity index (χ1v) is 7.17. The van der Waals surface area contributed by atoms with Crippen molar-refractivity contribution in [1.82, 2.24) is 5.32 Å². The minimum atomic E-state index is -1.08. The van der Waals surface area contributed by atoms with E-state index in [4.69, 9.17) is 5.11 Å². The molecule has 0 fully saturated rings. The van der Waals surface area contributed by atoms with E-state index in [-0.39, 0.29) is 25.0 Å². The number of ketones is 1. The number of rotatable bonds is 9. The van der Waals surface area contributed by atoms with Crippen molar-refractivity contribution in [3.63, 3.8) is 0 Å². The zero-order chi connectivity index (χ0) is 16.5. The second-order valence-electron chi connectivity index (χ2n) is 5.11. The molecule has 5 heteroatoms. The molecule has 0 radical (unpaired) electrons. The standard InChI is InChI=1S/C17H21NO4/c1-3-4-5-14(17(21)22)18-16(20)11-10-15(19)13-8-6-12(2)7-9-13/h3,6-9,14H,1,4-5,10-11H2,2H3,(H,18,20)(H,21,22). The maximum atomic E-state index is 11.9. The highest BCUT2D eigenvalue weighted by Gasteiger charge is 2.19. The normalized spacial score (nSPS) is 11.5. The van der Waals surface area contributed by atoms with Gasteiger partial charge in [0.05, 0.1) is 0 Å². The molecular weight excluding hydrogens is 282 g/mol. The number of carboxylic acid groups (broad SMARTS) is 1. The number of nitrogens with one attached hydrogen (secondary N) is 1. The first kappa shape index (κ1) is 17.6. The highest BCUT2D eigenvalue weighted by Crippen LogP contribution is 2.08. The van der Waals surface area contributed by atoms with Gasteiger partial charge in [-0.3, -0.25) is 9.59 Å². The third-order valence-electron chi connectivity index (χ3n) is 3.25. The first-order valence-electron chi connectivity index (χ1n) is 7.17. The van der Waals surface area contributed by atoms with Crippen molar-refractivity contribution >= 4 is 17.7 Å². The lowest BCUT2D eigenvalue weighted by atomic mass is 10.0. The van der Waals surface area contributed by atoms with Crippen molar-refractivity contribution in [2.45, 2.75) is 38.6 Å². The third-order valence-corrected chi connectivity index (χ3v) is 3.25. The SMILES string of the molecule is C=CCCC(NC(=O)CCC(=O)c1ccc(C)cc1)C(=O)O. The van der Waals surface area contributed by atoms with Gasteiger partial charge in [0.25, 0.3) is 0 Å². The van der Waals surface area contributed by atoms with Crippen LogP contribution in [0.1, 0.15) is 41.6 Å². The number of carbonyl (C=O) groups excluding carboxylic acids is 2. The lowest BCUT2D eigenvalue weighted by molar-refractivity contribution is -0.142. The number of hydrogen-bond donors (Lipinski definition) is 2. The minimum absolute atomic E-state index is 0.0232. The average molecular weight is 303 g/mol. The number of hydrogen-bond acceptors (Lipinski definition) is 3. The Balaban J connectivity index is 2.47. The number of amides is 1. The maximum Gasteiger partial charge on any atom is 0.326 e. The second kappa shape index (κ2) is 8.77. The van der Waals surface area contributed by atoms with Crippen LogP contribution in [0, 0.1) is 6.92 Å². The van der Waals surface area contributed by atoms with Crippen LogP contribution in [0.3, 0.4) is 0 Å². The van der Waals surface area contributed by atoms with Gasteiger partial charge < -0.3 is 10.4 Å². The molecule has 0 spiro atoms. The van der Waals surface area contributed by atoms with E-state index in [1.807, 2.05) is 19.1 Å². The van der Waals surface area contributed by atoms with Gasteiger partial charge in [-0.1, -0.05) is 35.9 Å². The molecule has 1 aromatic rings. The predicted octanol–water partition coefficient (Wildman–Crippen LogP) is 2.49. The summed E-state index contributed by atoms with van der Waals surface area (Å²) in [5, 5.41) is 11.4. The molecule has 0 bridgehead atoms. The summed E-state index contributed by atoms with van der Waals surface area (Å²) in [6.45, 7) is 5.45. The minimum Gasteiger partial charge on any atom is -0.480 e. The fraction of sp³-hybridized carbons (Fsp3) is 0.353. The van der Waals surface area contributed by atoms with Crippen LogP contribution in [0.25, 0.3) is 0 Å². The molecule has 0 aliphatic carbocycles. The monoisotopic (exact) mass is 303 g/mol. The van der Waals surface area contributed by atoms with Crippen LogP contribution in [-0.2, 0) is 9.59 Å². The molecule has 0 saturated carbocycles. The largest absolute Gasteiger partial charge is 0.480 e. The summed E-state index contributed by atoms with van der Waals surface area (Å²) in [5.74, 6) is -1.65. The summed E-state index contributed by atoms with van der Waals surface area (Å²) in [6, 6.07) is 6.17. The van der Waals surface area contributed by atoms with Gasteiger partial charge in [-0.15, -0.1) is 6.58 Å². The molecule has 0 saturated heterocycles. The van der Waals surface area contributed by atoms with Gasteiger partial charge in [-0.05, 0) is 19.8 Å². The van der Waals surface area contributed by atoms with Crippen LogP contribution in [0.2, 0.25) is 0 Å². The summed E-state index contributed by atoms with van der Waals surface area (Å²) >= 11 is 0. The van der Waals surface area contributed by atoms with E-state index < -0.39 is 17.9 Å². The van der Waals surface area contributed by atoms with Crippen molar-refractivity contribution in [3.05, 3.63) is 48.0 Å². The summed E-state index contributed by atoms with van der Waals surface area (Å²) in [4.78, 5) is 34.7. The van der Waals surface area contributed by atoms with E-state index >= 15 is 0 Å². The summed E-state index contributed by atoms with van der Waals surface area (Å²) in [5.41, 5.74) is 1.61. The Morgan fingerprint density at radius 1 is 1.23 bits per heavy atom. The second-order valence-corrected chi connectivity index (χ2v) is 5.11. The van der Waals surface area contributed by atoms with Crippen molar-refractivity contribution < 1.29 is 19.5 Å². The van der Waals surface area contributed by atoms with E-state index in [0.717, 1.165) is 5.56 Å². The Hall–Kier alpha value is -2.43. The van der Waals surface area contributed by atoms with Crippen LogP contribution in [0.15, 0.2) is 36.9 Å². The average Bonchev–Trinajstić information content (AvgIpc) is 2.49. The highest BCUT2D eigenvalue weighted by atomic mass is 16.4. The van der Waals surface area contributed by atoms with Crippen molar-refractivity contribution in [1.29, 1.82) is 0 Å². The molecule has 0 heterocycles. The van der Waals surface area contributed by atoms with Crippen LogP contribution < -0.4 is 5.32 Å². The topological polar surface area (TPSA) is 83.5 Å². The van der Waals surface area contributed by atoms with E-state index in [1.54, 1.807) is 18.2 Å². The van der Waals surface area contributed by atoms with E-state index in [9.17, 15) is 14.4 Å². The van der Waals surface area contributed by atoms with Crippen LogP contribution in [-0.4, -0.2) is 28.8 Å². The number of aliphatic carboxylic acids is 1. The van der Waals surface area contributed by atoms with Gasteiger partial charge in [-0.2, -0.15) is 0 Å². The Labute approximate surface area is 130 Å². The molecular formula is C17H21NO4. The van der Waals surface area contributed by atoms with Crippen molar-refractivity contribution in [2.24, 2.45) is 0 Å². The van der Waals surface area contributed by atoms with Gasteiger partial charge in [0.1, 0.15) is 6.04 Å². The number of allylic oxidation sites excluding steroid dienone is 1. The van der Waals surface area contributed by atoms with E-state index in [2.05, 4.69) is 11.9 Å². The lowest BCUT2D eigenvalue weighted by Gasteiger charge is -2.13. The van der Waals surface area contributed by atoms with Crippen molar-refractivity contribution in [2.75, 3.05) is 0 Å². The Bertz CT molecular complexity index is 548. The molecule has 1 rings (SSSR count). The molecule has 5 nitrogen and oxygen atoms in total. The Kier molecular flexibility index (Phi) is 7.02. The summed E-state index contributed by atoms with van der Waals surface area (Å²) in [6.07, 6.45) is 2.42. The number of carbonyl (C=O) groups is 3. The van der Waals surface area contributed by atoms with Gasteiger partial charge in [0.15, 0.2) is 5.78 Å². The molecule has 1 atom stereocenters. The molecule has 1 unspecified atom stereocenters. The number of aryl methyl sites for hydroxylation is 1. The third kappa shape index (κ3) is 5.91. The Morgan fingerprint density at radius 2 is 1.86 bits per heavy atom. The molecule has 1 amide bonds. The van der Waals surface area contributed by atoms with Crippen LogP contribution in [0.4, 0.5) is 0 Å². The molecule has 0 aliphatic rings. The van der Waals surface area contributed by atoms with E-state index in [1.165, 1.54) is 0 Å². The fourth-order valence-corrected chi connectivity index (χ4v) is 1.92. The zero-order valence-electron chi connectivity index (χ0n) is 12.7. The molecule has 22 heavy (non-hydrogen) atoms. The number of Topliss-reactive ketones (excluding diaryl/α,β-unsaturated/α-hetero) is 1. The summed E-state index contributed by atoms with van der Waals surface area (Å²) in [7, 11) is 0. The van der Waals surface area contributed by atoms with Gasteiger partial charge in [0.2, 0.25) is 5.91 Å². The van der Waals surface area contributed by atoms with Crippen molar-refractivity contribution in [3.8, 4) is 0 Å². The summed E-state index contributed by atoms with van der Waals surface area (Å²) < 4.78 is 0. The first-order chi connectivity index (χ1) is 10.4. The number of carboxylic acids is 1. The quantitative estimate of drug-likeness (QED) is 0.542. The molecule has 2 N–H and O–H groups in total. The van der Waals surface area contributed by atoms with Gasteiger partial charge in [-0.25, -0.2) is 4.79 Å².